The van der Waals surface area contributed by atoms with Crippen LogP contribution in [0.1, 0.15) is 40.1 Å². The Morgan fingerprint density at radius 2 is 2.03 bits per heavy atom. The van der Waals surface area contributed by atoms with Crippen molar-refractivity contribution in [1.82, 2.24) is 40.0 Å². The van der Waals surface area contributed by atoms with Gasteiger partial charge in [0.1, 0.15) is 12.4 Å². The van der Waals surface area contributed by atoms with Crippen LogP contribution in [0.2, 0.25) is 0 Å². The van der Waals surface area contributed by atoms with Crippen LogP contribution in [0.5, 0.6) is 0 Å². The first-order valence-corrected chi connectivity index (χ1v) is 12.0. The molecule has 6 rings (SSSR count). The number of rotatable bonds is 4. The summed E-state index contributed by atoms with van der Waals surface area (Å²) in [7, 11) is 0. The number of hydrogen-bond acceptors (Lipinski definition) is 10. The number of carbonyl (C=O) groups is 2. The van der Waals surface area contributed by atoms with Crippen molar-refractivity contribution in [3.63, 3.8) is 0 Å². The number of ether oxygens (including phenoxy) is 2. The quantitative estimate of drug-likeness (QED) is 0.473. The number of benzene rings is 1. The summed E-state index contributed by atoms with van der Waals surface area (Å²) in [5, 5.41) is 10.9. The average Bonchev–Trinajstić information content (AvgIpc) is 3.43. The van der Waals surface area contributed by atoms with Crippen LogP contribution in [0, 0.1) is 0 Å². The molecule has 2 saturated heterocycles. The summed E-state index contributed by atoms with van der Waals surface area (Å²) in [5.74, 6) is 0.147. The number of fused-ring (bicyclic) bond motifs is 2. The van der Waals surface area contributed by atoms with Crippen molar-refractivity contribution in [1.29, 1.82) is 0 Å². The fourth-order valence-corrected chi connectivity index (χ4v) is 5.09. The second-order valence-corrected chi connectivity index (χ2v) is 9.47. The molecule has 0 saturated carbocycles. The molecule has 3 aliphatic heterocycles. The lowest BCUT2D eigenvalue weighted by Gasteiger charge is -2.46. The lowest BCUT2D eigenvalue weighted by molar-refractivity contribution is -0.139. The van der Waals surface area contributed by atoms with Crippen molar-refractivity contribution >= 4 is 11.9 Å². The number of nitrogens with zero attached hydrogens (tertiary/aromatic N) is 8. The molecular formula is C24H26N8O4. The van der Waals surface area contributed by atoms with Crippen LogP contribution < -0.4 is 0 Å². The zero-order valence-electron chi connectivity index (χ0n) is 19.9. The van der Waals surface area contributed by atoms with Gasteiger partial charge in [0, 0.05) is 45.0 Å². The van der Waals surface area contributed by atoms with Gasteiger partial charge in [0.05, 0.1) is 30.7 Å². The summed E-state index contributed by atoms with van der Waals surface area (Å²) in [6, 6.07) is 6.06. The molecule has 3 aliphatic rings. The van der Waals surface area contributed by atoms with Gasteiger partial charge in [-0.2, -0.15) is 4.68 Å². The predicted molar refractivity (Wildman–Crippen MR) is 124 cm³/mol. The van der Waals surface area contributed by atoms with E-state index in [1.54, 1.807) is 12.4 Å². The number of carbonyl (C=O) groups excluding carboxylic acids is 2. The van der Waals surface area contributed by atoms with Crippen LogP contribution in [-0.2, 0) is 27.1 Å². The predicted octanol–water partition coefficient (Wildman–Crippen LogP) is 0.381. The molecule has 5 heterocycles. The van der Waals surface area contributed by atoms with Gasteiger partial charge in [-0.1, -0.05) is 12.1 Å². The summed E-state index contributed by atoms with van der Waals surface area (Å²) in [6.07, 6.45) is 5.46. The Morgan fingerprint density at radius 3 is 2.83 bits per heavy atom. The molecule has 1 aromatic carbocycles. The molecule has 12 nitrogen and oxygen atoms in total. The first-order chi connectivity index (χ1) is 17.5. The molecule has 0 spiro atoms. The Morgan fingerprint density at radius 1 is 1.17 bits per heavy atom. The Bertz CT molecular complexity index is 1270. The van der Waals surface area contributed by atoms with Crippen LogP contribution in [0.3, 0.4) is 0 Å². The van der Waals surface area contributed by atoms with Crippen molar-refractivity contribution in [3.05, 3.63) is 59.2 Å². The van der Waals surface area contributed by atoms with Crippen molar-refractivity contribution in [2.24, 2.45) is 0 Å². The molecule has 3 atom stereocenters. The van der Waals surface area contributed by atoms with E-state index in [-0.39, 0.29) is 36.5 Å². The highest BCUT2D eigenvalue weighted by atomic mass is 16.5. The standard InChI is InChI=1S/C24H26N8O4/c1-15-6-18-8-17(2-3-20(18)23(34)36-15)21-12-30-4-5-31(11-19(30)13-35-21)22(33)7-16-9-25-24(26-10-16)32-14-27-28-29-32/h2-3,8-10,14-15,19,21H,4-7,11-13H2,1H3/t15-,19+,21?/m1/s1. The highest BCUT2D eigenvalue weighted by Crippen LogP contribution is 2.30. The van der Waals surface area contributed by atoms with Crippen LogP contribution in [-0.4, -0.2) is 96.8 Å². The second kappa shape index (κ2) is 9.36. The Hall–Kier alpha value is -3.77. The third kappa shape index (κ3) is 4.44. The third-order valence-corrected chi connectivity index (χ3v) is 6.99. The minimum Gasteiger partial charge on any atom is -0.459 e. The molecule has 12 heteroatoms. The minimum atomic E-state index is -0.254. The Balaban J connectivity index is 1.05. The maximum Gasteiger partial charge on any atom is 0.338 e. The molecule has 36 heavy (non-hydrogen) atoms. The van der Waals surface area contributed by atoms with Gasteiger partial charge in [-0.25, -0.2) is 14.8 Å². The van der Waals surface area contributed by atoms with Crippen LogP contribution in [0.25, 0.3) is 5.95 Å². The first-order valence-electron chi connectivity index (χ1n) is 12.0. The van der Waals surface area contributed by atoms with E-state index in [2.05, 4.69) is 36.5 Å². The van der Waals surface area contributed by atoms with E-state index in [0.717, 1.165) is 36.2 Å². The molecule has 1 amide bonds. The average molecular weight is 491 g/mol. The first kappa shape index (κ1) is 22.7. The van der Waals surface area contributed by atoms with Gasteiger partial charge in [-0.15, -0.1) is 5.10 Å². The van der Waals surface area contributed by atoms with Gasteiger partial charge in [0.25, 0.3) is 5.95 Å². The van der Waals surface area contributed by atoms with Gasteiger partial charge in [-0.05, 0) is 40.1 Å². The lowest BCUT2D eigenvalue weighted by Crippen LogP contribution is -2.59. The van der Waals surface area contributed by atoms with Gasteiger partial charge in [0.15, 0.2) is 0 Å². The Labute approximate surface area is 207 Å². The number of tetrazole rings is 1. The molecule has 0 bridgehead atoms. The van der Waals surface area contributed by atoms with Gasteiger partial charge >= 0.3 is 5.97 Å². The second-order valence-electron chi connectivity index (χ2n) is 9.47. The van der Waals surface area contributed by atoms with Crippen molar-refractivity contribution in [2.75, 3.05) is 32.8 Å². The number of morpholine rings is 1. The van der Waals surface area contributed by atoms with E-state index >= 15 is 0 Å². The molecule has 0 radical (unpaired) electrons. The van der Waals surface area contributed by atoms with E-state index in [9.17, 15) is 9.59 Å². The fraction of sp³-hybridized carbons (Fsp3) is 0.458. The minimum absolute atomic E-state index is 0.0474. The van der Waals surface area contributed by atoms with E-state index in [0.29, 0.717) is 31.2 Å². The highest BCUT2D eigenvalue weighted by Gasteiger charge is 2.36. The van der Waals surface area contributed by atoms with Gasteiger partial charge < -0.3 is 14.4 Å². The molecule has 2 aromatic heterocycles. The van der Waals surface area contributed by atoms with Crippen molar-refractivity contribution in [2.45, 2.75) is 38.0 Å². The van der Waals surface area contributed by atoms with Crippen LogP contribution in [0.4, 0.5) is 0 Å². The smallest absolute Gasteiger partial charge is 0.338 e. The molecule has 186 valence electrons. The van der Waals surface area contributed by atoms with E-state index in [4.69, 9.17) is 9.47 Å². The fourth-order valence-electron chi connectivity index (χ4n) is 5.09. The van der Waals surface area contributed by atoms with E-state index in [1.807, 2.05) is 24.0 Å². The summed E-state index contributed by atoms with van der Waals surface area (Å²) < 4.78 is 12.9. The molecule has 0 N–H and O–H groups in total. The molecular weight excluding hydrogens is 464 g/mol. The topological polar surface area (TPSA) is 128 Å². The number of esters is 1. The molecule has 0 aliphatic carbocycles. The van der Waals surface area contributed by atoms with Crippen LogP contribution >= 0.6 is 0 Å². The van der Waals surface area contributed by atoms with Crippen molar-refractivity contribution in [3.8, 4) is 5.95 Å². The zero-order valence-corrected chi connectivity index (χ0v) is 19.9. The Kier molecular flexibility index (Phi) is 5.89. The number of piperazine rings is 1. The summed E-state index contributed by atoms with van der Waals surface area (Å²) in [6.45, 7) is 5.31. The molecule has 1 unspecified atom stereocenters. The summed E-state index contributed by atoms with van der Waals surface area (Å²) in [4.78, 5) is 37.9. The SMILES string of the molecule is C[C@@H]1Cc2cc(C3CN4CCN(C(=O)Cc5cnc(-n6cnnn6)nc5)C[C@H]4CO3)ccc2C(=O)O1. The molecule has 3 aromatic rings. The number of aromatic nitrogens is 6. The number of amides is 1. The summed E-state index contributed by atoms with van der Waals surface area (Å²) in [5.41, 5.74) is 3.49. The van der Waals surface area contributed by atoms with Crippen molar-refractivity contribution < 1.29 is 19.1 Å². The monoisotopic (exact) mass is 490 g/mol. The van der Waals surface area contributed by atoms with Gasteiger partial charge in [-0.3, -0.25) is 9.69 Å². The third-order valence-electron chi connectivity index (χ3n) is 6.99. The number of hydrogen-bond donors (Lipinski definition) is 0. The largest absolute Gasteiger partial charge is 0.459 e. The zero-order chi connectivity index (χ0) is 24.6. The number of cyclic esters (lactones) is 1. The lowest BCUT2D eigenvalue weighted by atomic mass is 9.94. The maximum absolute atomic E-state index is 13.0. The van der Waals surface area contributed by atoms with Crippen LogP contribution in [0.15, 0.2) is 36.9 Å². The van der Waals surface area contributed by atoms with E-state index in [1.165, 1.54) is 11.0 Å². The summed E-state index contributed by atoms with van der Waals surface area (Å²) >= 11 is 0. The normalized spacial score (nSPS) is 24.1. The maximum atomic E-state index is 13.0. The van der Waals surface area contributed by atoms with E-state index < -0.39 is 0 Å². The van der Waals surface area contributed by atoms with Gasteiger partial charge in [0.2, 0.25) is 5.91 Å². The molecule has 2 fully saturated rings. The highest BCUT2D eigenvalue weighted by molar-refractivity contribution is 5.92.